The molecular weight excluding hydrogens is 202 g/mol. The first-order chi connectivity index (χ1) is 7.58. The van der Waals surface area contributed by atoms with Gasteiger partial charge in [0.05, 0.1) is 13.7 Å². The first kappa shape index (κ1) is 12.8. The lowest BCUT2D eigenvalue weighted by Crippen LogP contribution is -2.19. The summed E-state index contributed by atoms with van der Waals surface area (Å²) in [6.07, 6.45) is 0.763. The quantitative estimate of drug-likeness (QED) is 0.833. The molecule has 0 aliphatic rings. The highest BCUT2D eigenvalue weighted by Gasteiger charge is 2.13. The van der Waals surface area contributed by atoms with Gasteiger partial charge in [-0.3, -0.25) is 0 Å². The molecule has 1 aromatic carbocycles. The molecule has 3 heteroatoms. The van der Waals surface area contributed by atoms with Crippen LogP contribution >= 0.6 is 0 Å². The van der Waals surface area contributed by atoms with Gasteiger partial charge >= 0.3 is 0 Å². The zero-order chi connectivity index (χ0) is 12.1. The van der Waals surface area contributed by atoms with Gasteiger partial charge in [-0.25, -0.2) is 0 Å². The molecule has 0 heterocycles. The van der Waals surface area contributed by atoms with Crippen molar-refractivity contribution in [2.24, 2.45) is 5.73 Å². The zero-order valence-corrected chi connectivity index (χ0v) is 10.5. The smallest absolute Gasteiger partial charge is 0.126 e. The lowest BCUT2D eigenvalue weighted by Gasteiger charge is -2.16. The summed E-state index contributed by atoms with van der Waals surface area (Å²) >= 11 is 0. The van der Waals surface area contributed by atoms with Crippen LogP contribution in [-0.2, 0) is 6.42 Å². The van der Waals surface area contributed by atoms with Crippen molar-refractivity contribution in [1.82, 2.24) is 0 Å². The van der Waals surface area contributed by atoms with E-state index < -0.39 is 0 Å². The van der Waals surface area contributed by atoms with Crippen LogP contribution in [0, 0.1) is 6.92 Å². The minimum Gasteiger partial charge on any atom is -0.496 e. The highest BCUT2D eigenvalue weighted by molar-refractivity contribution is 5.48. The van der Waals surface area contributed by atoms with E-state index in [2.05, 4.69) is 0 Å². The van der Waals surface area contributed by atoms with Crippen LogP contribution in [0.1, 0.15) is 25.0 Å². The van der Waals surface area contributed by atoms with Crippen LogP contribution in [0.2, 0.25) is 0 Å². The van der Waals surface area contributed by atoms with Crippen LogP contribution in [0.15, 0.2) is 12.1 Å². The van der Waals surface area contributed by atoms with Crippen LogP contribution in [0.5, 0.6) is 11.5 Å². The molecule has 0 spiro atoms. The van der Waals surface area contributed by atoms with Crippen molar-refractivity contribution in [2.75, 3.05) is 13.7 Å². The maximum atomic E-state index is 5.84. The Morgan fingerprint density at radius 1 is 1.31 bits per heavy atom. The minimum atomic E-state index is 0.0933. The van der Waals surface area contributed by atoms with Crippen LogP contribution < -0.4 is 15.2 Å². The molecule has 90 valence electrons. The Bertz CT molecular complexity index is 348. The van der Waals surface area contributed by atoms with Gasteiger partial charge in [-0.1, -0.05) is 0 Å². The van der Waals surface area contributed by atoms with Crippen molar-refractivity contribution in [2.45, 2.75) is 33.2 Å². The Labute approximate surface area is 97.6 Å². The first-order valence-corrected chi connectivity index (χ1v) is 5.64. The Balaban J connectivity index is 3.15. The van der Waals surface area contributed by atoms with Gasteiger partial charge < -0.3 is 15.2 Å². The van der Waals surface area contributed by atoms with E-state index in [-0.39, 0.29) is 6.04 Å². The molecule has 0 saturated carbocycles. The number of hydrogen-bond acceptors (Lipinski definition) is 3. The van der Waals surface area contributed by atoms with Crippen molar-refractivity contribution in [3.8, 4) is 11.5 Å². The molecule has 0 amide bonds. The van der Waals surface area contributed by atoms with Crippen LogP contribution in [0.4, 0.5) is 0 Å². The van der Waals surface area contributed by atoms with Crippen molar-refractivity contribution < 1.29 is 9.47 Å². The lowest BCUT2D eigenvalue weighted by molar-refractivity contribution is 0.329. The Hall–Kier alpha value is -1.22. The van der Waals surface area contributed by atoms with E-state index in [1.54, 1.807) is 7.11 Å². The molecule has 0 bridgehead atoms. The van der Waals surface area contributed by atoms with E-state index in [1.807, 2.05) is 32.9 Å². The Kier molecular flexibility index (Phi) is 4.62. The highest BCUT2D eigenvalue weighted by Crippen LogP contribution is 2.31. The summed E-state index contributed by atoms with van der Waals surface area (Å²) in [5, 5.41) is 0. The van der Waals surface area contributed by atoms with Gasteiger partial charge in [0, 0.05) is 11.6 Å². The molecule has 0 radical (unpaired) electrons. The third-order valence-electron chi connectivity index (χ3n) is 2.36. The van der Waals surface area contributed by atoms with E-state index in [0.29, 0.717) is 6.61 Å². The number of hydrogen-bond donors (Lipinski definition) is 1. The second-order valence-corrected chi connectivity index (χ2v) is 4.06. The average molecular weight is 223 g/mol. The molecule has 1 unspecified atom stereocenters. The number of benzene rings is 1. The van der Waals surface area contributed by atoms with Gasteiger partial charge in [0.1, 0.15) is 11.5 Å². The van der Waals surface area contributed by atoms with E-state index >= 15 is 0 Å². The van der Waals surface area contributed by atoms with Gasteiger partial charge in [0.2, 0.25) is 0 Å². The predicted molar refractivity (Wildman–Crippen MR) is 66.3 cm³/mol. The fourth-order valence-corrected chi connectivity index (χ4v) is 1.74. The summed E-state index contributed by atoms with van der Waals surface area (Å²) in [4.78, 5) is 0. The van der Waals surface area contributed by atoms with Crippen LogP contribution in [0.25, 0.3) is 0 Å². The summed E-state index contributed by atoms with van der Waals surface area (Å²) in [5.41, 5.74) is 8.03. The number of aryl methyl sites for hydroxylation is 1. The summed E-state index contributed by atoms with van der Waals surface area (Å²) in [6, 6.07) is 4.14. The Morgan fingerprint density at radius 2 is 1.94 bits per heavy atom. The predicted octanol–water partition coefficient (Wildman–Crippen LogP) is 2.29. The normalized spacial score (nSPS) is 12.3. The molecule has 16 heavy (non-hydrogen) atoms. The van der Waals surface area contributed by atoms with Gasteiger partial charge in [0.15, 0.2) is 0 Å². The molecule has 1 rings (SSSR count). The number of ether oxygens (including phenoxy) is 2. The van der Waals surface area contributed by atoms with Crippen molar-refractivity contribution in [1.29, 1.82) is 0 Å². The van der Waals surface area contributed by atoms with Gasteiger partial charge in [-0.15, -0.1) is 0 Å². The Morgan fingerprint density at radius 3 is 2.44 bits per heavy atom. The van der Waals surface area contributed by atoms with Crippen molar-refractivity contribution in [3.05, 3.63) is 23.3 Å². The molecule has 1 aromatic rings. The molecule has 0 saturated heterocycles. The third kappa shape index (κ3) is 3.14. The number of methoxy groups -OCH3 is 1. The minimum absolute atomic E-state index is 0.0933. The molecule has 0 aliphatic heterocycles. The van der Waals surface area contributed by atoms with E-state index in [4.69, 9.17) is 15.2 Å². The first-order valence-electron chi connectivity index (χ1n) is 5.64. The maximum Gasteiger partial charge on any atom is 0.126 e. The molecule has 3 nitrogen and oxygen atoms in total. The van der Waals surface area contributed by atoms with Gasteiger partial charge in [0.25, 0.3) is 0 Å². The van der Waals surface area contributed by atoms with E-state index in [1.165, 1.54) is 0 Å². The third-order valence-corrected chi connectivity index (χ3v) is 2.36. The van der Waals surface area contributed by atoms with E-state index in [0.717, 1.165) is 29.0 Å². The molecule has 1 atom stereocenters. The van der Waals surface area contributed by atoms with Gasteiger partial charge in [-0.2, -0.15) is 0 Å². The van der Waals surface area contributed by atoms with E-state index in [9.17, 15) is 0 Å². The molecular formula is C13H21NO2. The largest absolute Gasteiger partial charge is 0.496 e. The molecule has 2 N–H and O–H groups in total. The summed E-state index contributed by atoms with van der Waals surface area (Å²) in [6.45, 7) is 6.64. The van der Waals surface area contributed by atoms with Crippen molar-refractivity contribution >= 4 is 0 Å². The average Bonchev–Trinajstić information content (AvgIpc) is 2.21. The summed E-state index contributed by atoms with van der Waals surface area (Å²) < 4.78 is 11.0. The molecule has 0 fully saturated rings. The molecule has 0 aliphatic carbocycles. The number of rotatable bonds is 5. The summed E-state index contributed by atoms with van der Waals surface area (Å²) in [5.74, 6) is 1.75. The second-order valence-electron chi connectivity index (χ2n) is 4.06. The van der Waals surface area contributed by atoms with Gasteiger partial charge in [-0.05, 0) is 44.9 Å². The maximum absolute atomic E-state index is 5.84. The fourth-order valence-electron chi connectivity index (χ4n) is 1.74. The van der Waals surface area contributed by atoms with Crippen molar-refractivity contribution in [3.63, 3.8) is 0 Å². The fraction of sp³-hybridized carbons (Fsp3) is 0.538. The monoisotopic (exact) mass is 223 g/mol. The standard InChI is InChI=1S/C13H21NO2/c1-5-16-13-7-9(2)6-12(15-4)11(13)8-10(3)14/h6-7,10H,5,8,14H2,1-4H3. The summed E-state index contributed by atoms with van der Waals surface area (Å²) in [7, 11) is 1.68. The SMILES string of the molecule is CCOc1cc(C)cc(OC)c1CC(C)N. The van der Waals surface area contributed by atoms with Crippen LogP contribution in [0.3, 0.4) is 0 Å². The topological polar surface area (TPSA) is 44.5 Å². The number of nitrogens with two attached hydrogens (primary N) is 1. The lowest BCUT2D eigenvalue weighted by atomic mass is 10.0. The highest BCUT2D eigenvalue weighted by atomic mass is 16.5. The second kappa shape index (κ2) is 5.75. The zero-order valence-electron chi connectivity index (χ0n) is 10.5. The molecule has 0 aromatic heterocycles. The van der Waals surface area contributed by atoms with Crippen LogP contribution in [-0.4, -0.2) is 19.8 Å².